The van der Waals surface area contributed by atoms with E-state index in [1.807, 2.05) is 24.0 Å². The molecular formula is C13H13N3O3. The van der Waals surface area contributed by atoms with Crippen molar-refractivity contribution >= 4 is 11.6 Å². The van der Waals surface area contributed by atoms with Crippen LogP contribution in [-0.4, -0.2) is 15.9 Å². The Balaban J connectivity index is 2.20. The molecule has 0 unspecified atom stereocenters. The quantitative estimate of drug-likeness (QED) is 0.763. The molecule has 0 spiro atoms. The molecule has 98 valence electrons. The first-order valence-corrected chi connectivity index (χ1v) is 5.82. The van der Waals surface area contributed by atoms with Crippen LogP contribution in [0.5, 0.6) is 0 Å². The lowest BCUT2D eigenvalue weighted by Gasteiger charge is -2.05. The standard InChI is InChI=1S/C13H13N3O3/c1-2-8-3-5-9(6-4-8)15-11(17)10-7-14-13(19)16-12(10)18/h3-7H,2H2,1H3,(H,15,17)(H2,14,16,18,19). The number of amides is 1. The van der Waals surface area contributed by atoms with E-state index in [9.17, 15) is 14.4 Å². The summed E-state index contributed by atoms with van der Waals surface area (Å²) in [6.45, 7) is 2.04. The highest BCUT2D eigenvalue weighted by molar-refractivity contribution is 6.03. The first-order valence-electron chi connectivity index (χ1n) is 5.82. The fraction of sp³-hybridized carbons (Fsp3) is 0.154. The lowest BCUT2D eigenvalue weighted by Crippen LogP contribution is -2.29. The summed E-state index contributed by atoms with van der Waals surface area (Å²) in [6.07, 6.45) is 2.00. The van der Waals surface area contributed by atoms with Gasteiger partial charge in [-0.1, -0.05) is 19.1 Å². The van der Waals surface area contributed by atoms with Gasteiger partial charge in [-0.15, -0.1) is 0 Å². The van der Waals surface area contributed by atoms with Crippen molar-refractivity contribution in [3.05, 3.63) is 62.4 Å². The number of rotatable bonds is 3. The summed E-state index contributed by atoms with van der Waals surface area (Å²) in [5, 5.41) is 2.59. The highest BCUT2D eigenvalue weighted by Crippen LogP contribution is 2.10. The van der Waals surface area contributed by atoms with E-state index in [2.05, 4.69) is 10.3 Å². The summed E-state index contributed by atoms with van der Waals surface area (Å²) < 4.78 is 0. The Kier molecular flexibility index (Phi) is 3.61. The number of hydrogen-bond donors (Lipinski definition) is 3. The molecule has 0 aliphatic rings. The minimum absolute atomic E-state index is 0.140. The van der Waals surface area contributed by atoms with Gasteiger partial charge in [-0.05, 0) is 24.1 Å². The van der Waals surface area contributed by atoms with Crippen molar-refractivity contribution < 1.29 is 4.79 Å². The molecule has 0 fully saturated rings. The Labute approximate surface area is 108 Å². The maximum absolute atomic E-state index is 11.8. The van der Waals surface area contributed by atoms with Crippen LogP contribution in [-0.2, 0) is 6.42 Å². The Morgan fingerprint density at radius 3 is 2.47 bits per heavy atom. The second-order valence-electron chi connectivity index (χ2n) is 3.99. The number of aryl methyl sites for hydroxylation is 1. The van der Waals surface area contributed by atoms with Gasteiger partial charge in [-0.2, -0.15) is 0 Å². The summed E-state index contributed by atoms with van der Waals surface area (Å²) in [4.78, 5) is 38.4. The number of hydrogen-bond acceptors (Lipinski definition) is 3. The molecule has 1 amide bonds. The Morgan fingerprint density at radius 1 is 1.21 bits per heavy atom. The summed E-state index contributed by atoms with van der Waals surface area (Å²) in [5.74, 6) is -0.568. The third-order valence-corrected chi connectivity index (χ3v) is 2.68. The Hall–Kier alpha value is -2.63. The molecule has 1 heterocycles. The van der Waals surface area contributed by atoms with E-state index < -0.39 is 17.2 Å². The molecular weight excluding hydrogens is 246 g/mol. The normalized spacial score (nSPS) is 10.2. The Bertz CT molecular complexity index is 698. The molecule has 0 bridgehead atoms. The van der Waals surface area contributed by atoms with Gasteiger partial charge < -0.3 is 10.3 Å². The number of aromatic nitrogens is 2. The van der Waals surface area contributed by atoms with Gasteiger partial charge in [0, 0.05) is 11.9 Å². The van der Waals surface area contributed by atoms with E-state index in [1.165, 1.54) is 0 Å². The van der Waals surface area contributed by atoms with Crippen LogP contribution in [0.1, 0.15) is 22.8 Å². The van der Waals surface area contributed by atoms with Gasteiger partial charge in [-0.25, -0.2) is 4.79 Å². The van der Waals surface area contributed by atoms with Crippen LogP contribution in [0.4, 0.5) is 5.69 Å². The average molecular weight is 259 g/mol. The molecule has 2 rings (SSSR count). The van der Waals surface area contributed by atoms with Crippen LogP contribution in [0.3, 0.4) is 0 Å². The van der Waals surface area contributed by atoms with Gasteiger partial charge in [0.25, 0.3) is 11.5 Å². The maximum Gasteiger partial charge on any atom is 0.325 e. The molecule has 6 nitrogen and oxygen atoms in total. The van der Waals surface area contributed by atoms with Crippen molar-refractivity contribution in [3.8, 4) is 0 Å². The fourth-order valence-electron chi connectivity index (χ4n) is 1.60. The maximum atomic E-state index is 11.8. The van der Waals surface area contributed by atoms with E-state index in [-0.39, 0.29) is 5.56 Å². The first-order chi connectivity index (χ1) is 9.10. The van der Waals surface area contributed by atoms with Crippen molar-refractivity contribution in [2.24, 2.45) is 0 Å². The van der Waals surface area contributed by atoms with E-state index in [0.717, 1.165) is 18.2 Å². The molecule has 2 aromatic rings. The second kappa shape index (κ2) is 5.34. The molecule has 1 aromatic carbocycles. The van der Waals surface area contributed by atoms with Crippen molar-refractivity contribution in [3.63, 3.8) is 0 Å². The summed E-state index contributed by atoms with van der Waals surface area (Å²) >= 11 is 0. The molecule has 6 heteroatoms. The summed E-state index contributed by atoms with van der Waals surface area (Å²) in [6, 6.07) is 7.31. The highest BCUT2D eigenvalue weighted by Gasteiger charge is 2.10. The topological polar surface area (TPSA) is 94.8 Å². The third-order valence-electron chi connectivity index (χ3n) is 2.68. The molecule has 0 aliphatic carbocycles. The molecule has 1 aromatic heterocycles. The zero-order valence-corrected chi connectivity index (χ0v) is 10.3. The summed E-state index contributed by atoms with van der Waals surface area (Å²) in [7, 11) is 0. The molecule has 3 N–H and O–H groups in total. The monoisotopic (exact) mass is 259 g/mol. The zero-order valence-electron chi connectivity index (χ0n) is 10.3. The fourth-order valence-corrected chi connectivity index (χ4v) is 1.60. The van der Waals surface area contributed by atoms with E-state index in [0.29, 0.717) is 5.69 Å². The SMILES string of the molecule is CCc1ccc(NC(=O)c2c[nH]c(=O)[nH]c2=O)cc1. The van der Waals surface area contributed by atoms with E-state index >= 15 is 0 Å². The molecule has 0 saturated heterocycles. The smallest absolute Gasteiger partial charge is 0.322 e. The predicted octanol–water partition coefficient (Wildman–Crippen LogP) is 0.878. The van der Waals surface area contributed by atoms with Crippen LogP contribution < -0.4 is 16.6 Å². The number of H-pyrrole nitrogens is 2. The number of carbonyl (C=O) groups excluding carboxylic acids is 1. The average Bonchev–Trinajstić information content (AvgIpc) is 2.39. The van der Waals surface area contributed by atoms with Gasteiger partial charge in [-0.3, -0.25) is 14.6 Å². The summed E-state index contributed by atoms with van der Waals surface area (Å²) in [5.41, 5.74) is 0.243. The van der Waals surface area contributed by atoms with Crippen LogP contribution in [0.25, 0.3) is 0 Å². The number of nitrogens with one attached hydrogen (secondary N) is 3. The van der Waals surface area contributed by atoms with Gasteiger partial charge in [0.05, 0.1) is 0 Å². The van der Waals surface area contributed by atoms with Crippen LogP contribution >= 0.6 is 0 Å². The number of carbonyl (C=O) groups is 1. The predicted molar refractivity (Wildman–Crippen MR) is 71.5 cm³/mol. The van der Waals surface area contributed by atoms with E-state index in [4.69, 9.17) is 0 Å². The molecule has 19 heavy (non-hydrogen) atoms. The van der Waals surface area contributed by atoms with Crippen molar-refractivity contribution in [2.75, 3.05) is 5.32 Å². The highest BCUT2D eigenvalue weighted by atomic mass is 16.2. The van der Waals surface area contributed by atoms with Gasteiger partial charge >= 0.3 is 5.69 Å². The molecule has 0 saturated carbocycles. The van der Waals surface area contributed by atoms with Gasteiger partial charge in [0.2, 0.25) is 0 Å². The van der Waals surface area contributed by atoms with Crippen molar-refractivity contribution in [2.45, 2.75) is 13.3 Å². The second-order valence-corrected chi connectivity index (χ2v) is 3.99. The molecule has 0 aliphatic heterocycles. The molecule has 0 radical (unpaired) electrons. The minimum atomic E-state index is -0.716. The molecule has 0 atom stereocenters. The number of benzene rings is 1. The van der Waals surface area contributed by atoms with Crippen LogP contribution in [0, 0.1) is 0 Å². The van der Waals surface area contributed by atoms with Crippen molar-refractivity contribution in [1.29, 1.82) is 0 Å². The lowest BCUT2D eigenvalue weighted by molar-refractivity contribution is 0.102. The number of anilines is 1. The minimum Gasteiger partial charge on any atom is -0.322 e. The van der Waals surface area contributed by atoms with Crippen LogP contribution in [0.15, 0.2) is 40.1 Å². The Morgan fingerprint density at radius 2 is 1.89 bits per heavy atom. The third kappa shape index (κ3) is 2.98. The van der Waals surface area contributed by atoms with Crippen molar-refractivity contribution in [1.82, 2.24) is 9.97 Å². The largest absolute Gasteiger partial charge is 0.325 e. The van der Waals surface area contributed by atoms with Gasteiger partial charge in [0.15, 0.2) is 0 Å². The lowest BCUT2D eigenvalue weighted by atomic mass is 10.1. The first kappa shape index (κ1) is 12.8. The van der Waals surface area contributed by atoms with Gasteiger partial charge in [0.1, 0.15) is 5.56 Å². The zero-order chi connectivity index (χ0) is 13.8. The number of aromatic amines is 2. The van der Waals surface area contributed by atoms with Crippen LogP contribution in [0.2, 0.25) is 0 Å². The van der Waals surface area contributed by atoms with E-state index in [1.54, 1.807) is 12.1 Å².